The summed E-state index contributed by atoms with van der Waals surface area (Å²) in [5.41, 5.74) is 5.77. The molecule has 1 aromatic carbocycles. The van der Waals surface area contributed by atoms with Crippen molar-refractivity contribution < 1.29 is 14.3 Å². The molecular weight excluding hydrogens is 220 g/mol. The molecule has 0 atom stereocenters. The van der Waals surface area contributed by atoms with Gasteiger partial charge in [0.05, 0.1) is 19.6 Å². The van der Waals surface area contributed by atoms with Crippen LogP contribution in [-0.2, 0) is 16.0 Å². The first-order valence-corrected chi connectivity index (χ1v) is 5.38. The maximum Gasteiger partial charge on any atom is 0.236 e. The first-order chi connectivity index (χ1) is 8.11. The molecule has 0 fully saturated rings. The molecule has 3 N–H and O–H groups in total. The summed E-state index contributed by atoms with van der Waals surface area (Å²) in [5, 5.41) is 2.43. The van der Waals surface area contributed by atoms with E-state index in [-0.39, 0.29) is 18.9 Å². The number of rotatable bonds is 6. The number of amides is 2. The van der Waals surface area contributed by atoms with E-state index in [9.17, 15) is 9.59 Å². The van der Waals surface area contributed by atoms with Crippen LogP contribution < -0.4 is 15.8 Å². The molecule has 0 aliphatic carbocycles. The number of carbonyl (C=O) groups excluding carboxylic acids is 2. The molecule has 0 aromatic heterocycles. The van der Waals surface area contributed by atoms with Crippen molar-refractivity contribution in [2.45, 2.75) is 13.3 Å². The minimum absolute atomic E-state index is 0.129. The van der Waals surface area contributed by atoms with Crippen LogP contribution in [0.25, 0.3) is 0 Å². The molecule has 0 saturated heterocycles. The summed E-state index contributed by atoms with van der Waals surface area (Å²) < 4.78 is 5.28. The van der Waals surface area contributed by atoms with Crippen LogP contribution in [0.4, 0.5) is 0 Å². The maximum absolute atomic E-state index is 11.4. The van der Waals surface area contributed by atoms with Crippen molar-refractivity contribution in [1.29, 1.82) is 0 Å². The first kappa shape index (κ1) is 13.0. The van der Waals surface area contributed by atoms with Crippen molar-refractivity contribution in [3.05, 3.63) is 29.8 Å². The highest BCUT2D eigenvalue weighted by Gasteiger charge is 2.04. The summed E-state index contributed by atoms with van der Waals surface area (Å²) in [6.45, 7) is 2.39. The predicted octanol–water partition coefficient (Wildman–Crippen LogP) is 0.229. The van der Waals surface area contributed by atoms with Crippen LogP contribution in [0.15, 0.2) is 24.3 Å². The number of ether oxygens (including phenoxy) is 1. The van der Waals surface area contributed by atoms with Gasteiger partial charge in [-0.3, -0.25) is 9.59 Å². The second-order valence-corrected chi connectivity index (χ2v) is 3.50. The van der Waals surface area contributed by atoms with Gasteiger partial charge in [-0.05, 0) is 24.6 Å². The molecule has 0 aliphatic heterocycles. The number of nitrogens with one attached hydrogen (secondary N) is 1. The van der Waals surface area contributed by atoms with Gasteiger partial charge < -0.3 is 15.8 Å². The molecule has 92 valence electrons. The molecule has 0 bridgehead atoms. The van der Waals surface area contributed by atoms with Crippen molar-refractivity contribution in [2.75, 3.05) is 13.2 Å². The van der Waals surface area contributed by atoms with E-state index in [1.54, 1.807) is 12.1 Å². The number of hydrogen-bond acceptors (Lipinski definition) is 3. The lowest BCUT2D eigenvalue weighted by atomic mass is 10.1. The average molecular weight is 236 g/mol. The molecule has 0 radical (unpaired) electrons. The summed E-state index contributed by atoms with van der Waals surface area (Å²) in [6.07, 6.45) is 0.222. The highest BCUT2D eigenvalue weighted by molar-refractivity contribution is 5.84. The van der Waals surface area contributed by atoms with Crippen molar-refractivity contribution in [2.24, 2.45) is 5.73 Å². The van der Waals surface area contributed by atoms with Gasteiger partial charge in [-0.15, -0.1) is 0 Å². The zero-order valence-electron chi connectivity index (χ0n) is 9.73. The molecule has 0 heterocycles. The summed E-state index contributed by atoms with van der Waals surface area (Å²) in [4.78, 5) is 21.8. The van der Waals surface area contributed by atoms with Crippen molar-refractivity contribution in [1.82, 2.24) is 5.32 Å². The molecule has 2 amide bonds. The molecule has 0 aliphatic rings. The molecular formula is C12H16N2O3. The van der Waals surface area contributed by atoms with Crippen LogP contribution in [-0.4, -0.2) is 25.0 Å². The maximum atomic E-state index is 11.4. The lowest BCUT2D eigenvalue weighted by Crippen LogP contribution is -2.34. The molecule has 1 rings (SSSR count). The second-order valence-electron chi connectivity index (χ2n) is 3.50. The molecule has 5 nitrogen and oxygen atoms in total. The van der Waals surface area contributed by atoms with E-state index in [2.05, 4.69) is 5.32 Å². The zero-order valence-corrected chi connectivity index (χ0v) is 9.73. The number of primary amides is 1. The molecule has 1 aromatic rings. The van der Waals surface area contributed by atoms with Gasteiger partial charge in [-0.1, -0.05) is 12.1 Å². The Hall–Kier alpha value is -2.04. The van der Waals surface area contributed by atoms with E-state index < -0.39 is 5.91 Å². The average Bonchev–Trinajstić information content (AvgIpc) is 2.29. The normalized spacial score (nSPS) is 9.71. The topological polar surface area (TPSA) is 81.4 Å². The van der Waals surface area contributed by atoms with Gasteiger partial charge >= 0.3 is 0 Å². The quantitative estimate of drug-likeness (QED) is 0.741. The highest BCUT2D eigenvalue weighted by atomic mass is 16.5. The van der Waals surface area contributed by atoms with Crippen LogP contribution in [0.1, 0.15) is 12.5 Å². The van der Waals surface area contributed by atoms with Crippen LogP contribution >= 0.6 is 0 Å². The third-order valence-corrected chi connectivity index (χ3v) is 2.06. The minimum atomic E-state index is -0.551. The van der Waals surface area contributed by atoms with Gasteiger partial charge in [-0.25, -0.2) is 0 Å². The van der Waals surface area contributed by atoms with Crippen LogP contribution in [0, 0.1) is 0 Å². The van der Waals surface area contributed by atoms with Crippen molar-refractivity contribution in [3.8, 4) is 5.75 Å². The number of hydrogen-bond donors (Lipinski definition) is 2. The fourth-order valence-electron chi connectivity index (χ4n) is 1.30. The number of nitrogens with two attached hydrogens (primary N) is 1. The Morgan fingerprint density at radius 2 is 1.94 bits per heavy atom. The van der Waals surface area contributed by atoms with Crippen LogP contribution in [0.5, 0.6) is 5.75 Å². The Morgan fingerprint density at radius 3 is 2.47 bits per heavy atom. The van der Waals surface area contributed by atoms with Gasteiger partial charge in [0.15, 0.2) is 0 Å². The molecule has 5 heteroatoms. The van der Waals surface area contributed by atoms with E-state index in [0.717, 1.165) is 11.3 Å². The van der Waals surface area contributed by atoms with Gasteiger partial charge in [0.25, 0.3) is 0 Å². The van der Waals surface area contributed by atoms with Crippen molar-refractivity contribution >= 4 is 11.8 Å². The fourth-order valence-corrected chi connectivity index (χ4v) is 1.30. The van der Waals surface area contributed by atoms with E-state index >= 15 is 0 Å². The third kappa shape index (κ3) is 5.01. The van der Waals surface area contributed by atoms with Gasteiger partial charge in [0.1, 0.15) is 5.75 Å². The van der Waals surface area contributed by atoms with E-state index in [1.165, 1.54) is 0 Å². The largest absolute Gasteiger partial charge is 0.494 e. The smallest absolute Gasteiger partial charge is 0.236 e. The summed E-state index contributed by atoms with van der Waals surface area (Å²) >= 11 is 0. The van der Waals surface area contributed by atoms with Gasteiger partial charge in [-0.2, -0.15) is 0 Å². The van der Waals surface area contributed by atoms with Crippen LogP contribution in [0.2, 0.25) is 0 Å². The lowest BCUT2D eigenvalue weighted by Gasteiger charge is -2.05. The molecule has 0 unspecified atom stereocenters. The fraction of sp³-hybridized carbons (Fsp3) is 0.333. The molecule has 0 spiro atoms. The summed E-state index contributed by atoms with van der Waals surface area (Å²) in [7, 11) is 0. The predicted molar refractivity (Wildman–Crippen MR) is 63.5 cm³/mol. The molecule has 0 saturated carbocycles. The van der Waals surface area contributed by atoms with Gasteiger partial charge in [0.2, 0.25) is 11.8 Å². The minimum Gasteiger partial charge on any atom is -0.494 e. The third-order valence-electron chi connectivity index (χ3n) is 2.06. The molecule has 17 heavy (non-hydrogen) atoms. The van der Waals surface area contributed by atoms with E-state index in [1.807, 2.05) is 19.1 Å². The first-order valence-electron chi connectivity index (χ1n) is 5.38. The Kier molecular flexibility index (Phi) is 5.00. The van der Waals surface area contributed by atoms with Crippen LogP contribution in [0.3, 0.4) is 0 Å². The second kappa shape index (κ2) is 6.52. The Balaban J connectivity index is 2.45. The van der Waals surface area contributed by atoms with Gasteiger partial charge in [0, 0.05) is 0 Å². The number of carbonyl (C=O) groups is 2. The Bertz CT molecular complexity index is 387. The highest BCUT2D eigenvalue weighted by Crippen LogP contribution is 2.12. The monoisotopic (exact) mass is 236 g/mol. The Morgan fingerprint density at radius 1 is 1.29 bits per heavy atom. The Labute approximate surface area is 99.9 Å². The zero-order chi connectivity index (χ0) is 12.7. The SMILES string of the molecule is CCOc1ccc(CC(=O)NCC(N)=O)cc1. The van der Waals surface area contributed by atoms with E-state index in [0.29, 0.717) is 6.61 Å². The van der Waals surface area contributed by atoms with E-state index in [4.69, 9.17) is 10.5 Å². The summed E-state index contributed by atoms with van der Waals surface area (Å²) in [5.74, 6) is -0.00759. The lowest BCUT2D eigenvalue weighted by molar-refractivity contribution is -0.124. The standard InChI is InChI=1S/C12H16N2O3/c1-2-17-10-5-3-9(4-6-10)7-12(16)14-8-11(13)15/h3-6H,2,7-8H2,1H3,(H2,13,15)(H,14,16). The number of benzene rings is 1. The summed E-state index contributed by atoms with van der Waals surface area (Å²) in [6, 6.07) is 7.24. The van der Waals surface area contributed by atoms with Crippen molar-refractivity contribution in [3.63, 3.8) is 0 Å².